The van der Waals surface area contributed by atoms with Gasteiger partial charge < -0.3 is 15.4 Å². The molecule has 0 radical (unpaired) electrons. The van der Waals surface area contributed by atoms with Crippen LogP contribution in [-0.2, 0) is 16.0 Å². The van der Waals surface area contributed by atoms with Crippen molar-refractivity contribution in [2.75, 3.05) is 11.9 Å². The van der Waals surface area contributed by atoms with Gasteiger partial charge in [0.1, 0.15) is 15.8 Å². The molecule has 0 spiro atoms. The lowest BCUT2D eigenvalue weighted by Crippen LogP contribution is -2.55. The van der Waals surface area contributed by atoms with E-state index in [-0.39, 0.29) is 23.3 Å². The zero-order valence-electron chi connectivity index (χ0n) is 15.3. The van der Waals surface area contributed by atoms with Crippen molar-refractivity contribution in [3.05, 3.63) is 57.8 Å². The van der Waals surface area contributed by atoms with Crippen LogP contribution in [0.1, 0.15) is 25.0 Å². The minimum atomic E-state index is -1.34. The maximum atomic E-state index is 12.5. The molecule has 0 saturated heterocycles. The Balaban J connectivity index is 2.19. The molecule has 0 aliphatic rings. The van der Waals surface area contributed by atoms with Gasteiger partial charge in [-0.25, -0.2) is 14.6 Å². The number of halogens is 2. The predicted molar refractivity (Wildman–Crippen MR) is 106 cm³/mol. The van der Waals surface area contributed by atoms with Gasteiger partial charge in [0.15, 0.2) is 0 Å². The molecule has 9 heteroatoms. The quantitative estimate of drug-likeness (QED) is 0.543. The second-order valence-corrected chi connectivity index (χ2v) is 6.89. The van der Waals surface area contributed by atoms with Gasteiger partial charge in [-0.3, -0.25) is 0 Å². The molecule has 0 fully saturated rings. The summed E-state index contributed by atoms with van der Waals surface area (Å²) in [5.74, 6) is -0.583. The second-order valence-electron chi connectivity index (χ2n) is 6.12. The lowest BCUT2D eigenvalue weighted by Gasteiger charge is -2.28. The molecule has 146 valence electrons. The van der Waals surface area contributed by atoms with Crippen LogP contribution in [0.15, 0.2) is 36.4 Å². The standard InChI is InChI=1S/C19H18Cl2N4O3/c1-3-28-17(26)19(2,10-12-4-6-13(11-22)7-5-12)25-18(27)23-14-8-15(20)24-16(21)9-14/h4-9H,3,10H2,1-2H3,(H2,23,24,25,27)/t19-/m1/s1. The first-order valence-corrected chi connectivity index (χ1v) is 9.10. The van der Waals surface area contributed by atoms with Gasteiger partial charge in [-0.1, -0.05) is 35.3 Å². The number of carbonyl (C=O) groups is 2. The van der Waals surface area contributed by atoms with Crippen molar-refractivity contribution in [2.24, 2.45) is 0 Å². The van der Waals surface area contributed by atoms with E-state index in [0.717, 1.165) is 5.56 Å². The van der Waals surface area contributed by atoms with Crippen molar-refractivity contribution in [1.82, 2.24) is 10.3 Å². The molecular weight excluding hydrogens is 403 g/mol. The molecule has 0 saturated carbocycles. The molecule has 0 aliphatic heterocycles. The second kappa shape index (κ2) is 9.40. The topological polar surface area (TPSA) is 104 Å². The van der Waals surface area contributed by atoms with Crippen molar-refractivity contribution < 1.29 is 14.3 Å². The zero-order chi connectivity index (χ0) is 20.7. The highest BCUT2D eigenvalue weighted by Gasteiger charge is 2.36. The fourth-order valence-corrected chi connectivity index (χ4v) is 2.97. The Morgan fingerprint density at radius 1 is 1.21 bits per heavy atom. The van der Waals surface area contributed by atoms with Crippen LogP contribution in [0.5, 0.6) is 0 Å². The lowest BCUT2D eigenvalue weighted by molar-refractivity contribution is -0.149. The third-order valence-electron chi connectivity index (χ3n) is 3.78. The van der Waals surface area contributed by atoms with E-state index < -0.39 is 17.5 Å². The summed E-state index contributed by atoms with van der Waals surface area (Å²) < 4.78 is 5.13. The van der Waals surface area contributed by atoms with E-state index in [9.17, 15) is 9.59 Å². The first kappa shape index (κ1) is 21.5. The van der Waals surface area contributed by atoms with E-state index >= 15 is 0 Å². The van der Waals surface area contributed by atoms with Gasteiger partial charge in [0.05, 0.1) is 18.2 Å². The number of nitriles is 1. The first-order valence-electron chi connectivity index (χ1n) is 8.34. The third-order valence-corrected chi connectivity index (χ3v) is 4.16. The Morgan fingerprint density at radius 3 is 2.36 bits per heavy atom. The molecule has 0 bridgehead atoms. The van der Waals surface area contributed by atoms with Crippen LogP contribution >= 0.6 is 23.2 Å². The number of ether oxygens (including phenoxy) is 1. The van der Waals surface area contributed by atoms with Crippen molar-refractivity contribution >= 4 is 40.9 Å². The maximum Gasteiger partial charge on any atom is 0.331 e. The molecule has 0 unspecified atom stereocenters. The minimum absolute atomic E-state index is 0.119. The molecule has 2 amide bonds. The number of urea groups is 1. The van der Waals surface area contributed by atoms with E-state index in [1.54, 1.807) is 38.1 Å². The minimum Gasteiger partial charge on any atom is -0.464 e. The number of hydrogen-bond acceptors (Lipinski definition) is 5. The van der Waals surface area contributed by atoms with E-state index in [2.05, 4.69) is 15.6 Å². The average molecular weight is 421 g/mol. The number of carbonyl (C=O) groups excluding carboxylic acids is 2. The molecule has 1 atom stereocenters. The summed E-state index contributed by atoms with van der Waals surface area (Å²) in [4.78, 5) is 28.8. The zero-order valence-corrected chi connectivity index (χ0v) is 16.8. The van der Waals surface area contributed by atoms with Crippen LogP contribution in [-0.4, -0.2) is 29.1 Å². The van der Waals surface area contributed by atoms with Crippen LogP contribution in [0.4, 0.5) is 10.5 Å². The van der Waals surface area contributed by atoms with Gasteiger partial charge in [0, 0.05) is 12.1 Å². The third kappa shape index (κ3) is 5.84. The van der Waals surface area contributed by atoms with Crippen LogP contribution in [0, 0.1) is 11.3 Å². The van der Waals surface area contributed by atoms with E-state index in [1.165, 1.54) is 12.1 Å². The summed E-state index contributed by atoms with van der Waals surface area (Å²) in [6.45, 7) is 3.41. The van der Waals surface area contributed by atoms with Crippen LogP contribution in [0.2, 0.25) is 10.3 Å². The van der Waals surface area contributed by atoms with E-state index in [1.807, 2.05) is 6.07 Å². The number of aromatic nitrogens is 1. The molecule has 2 N–H and O–H groups in total. The summed E-state index contributed by atoms with van der Waals surface area (Å²) in [7, 11) is 0. The van der Waals surface area contributed by atoms with E-state index in [0.29, 0.717) is 11.3 Å². The fraction of sp³-hybridized carbons (Fsp3) is 0.263. The van der Waals surface area contributed by atoms with Crippen LogP contribution < -0.4 is 10.6 Å². The van der Waals surface area contributed by atoms with Crippen molar-refractivity contribution in [1.29, 1.82) is 5.26 Å². The molecule has 2 rings (SSSR count). The number of nitrogens with one attached hydrogen (secondary N) is 2. The Morgan fingerprint density at radius 2 is 1.82 bits per heavy atom. The maximum absolute atomic E-state index is 12.5. The Labute approximate surface area is 172 Å². The summed E-state index contributed by atoms with van der Waals surface area (Å²) >= 11 is 11.7. The first-order chi connectivity index (χ1) is 13.3. The number of esters is 1. The summed E-state index contributed by atoms with van der Waals surface area (Å²) in [6.07, 6.45) is 0.169. The molecular formula is C19H18Cl2N4O3. The average Bonchev–Trinajstić information content (AvgIpc) is 2.61. The molecule has 2 aromatic rings. The molecule has 0 aliphatic carbocycles. The summed E-state index contributed by atoms with van der Waals surface area (Å²) in [5, 5.41) is 14.4. The SMILES string of the molecule is CCOC(=O)[C@@](C)(Cc1ccc(C#N)cc1)NC(=O)Nc1cc(Cl)nc(Cl)c1. The van der Waals surface area contributed by atoms with Crippen molar-refractivity contribution in [2.45, 2.75) is 25.8 Å². The number of nitrogens with zero attached hydrogens (tertiary/aromatic N) is 2. The summed E-state index contributed by atoms with van der Waals surface area (Å²) in [5.41, 5.74) is 0.241. The van der Waals surface area contributed by atoms with E-state index in [4.69, 9.17) is 33.2 Å². The Kier molecular flexibility index (Phi) is 7.21. The molecule has 28 heavy (non-hydrogen) atoms. The Hall–Kier alpha value is -2.82. The number of rotatable bonds is 6. The highest BCUT2D eigenvalue weighted by atomic mass is 35.5. The monoisotopic (exact) mass is 420 g/mol. The van der Waals surface area contributed by atoms with Crippen LogP contribution in [0.25, 0.3) is 0 Å². The number of amides is 2. The number of pyridine rings is 1. The van der Waals surface area contributed by atoms with Gasteiger partial charge in [-0.15, -0.1) is 0 Å². The molecule has 7 nitrogen and oxygen atoms in total. The van der Waals surface area contributed by atoms with Crippen LogP contribution in [0.3, 0.4) is 0 Å². The van der Waals surface area contributed by atoms with Gasteiger partial charge in [-0.05, 0) is 43.7 Å². The smallest absolute Gasteiger partial charge is 0.331 e. The molecule has 1 aromatic carbocycles. The highest BCUT2D eigenvalue weighted by molar-refractivity contribution is 6.33. The number of hydrogen-bond donors (Lipinski definition) is 2. The van der Waals surface area contributed by atoms with Gasteiger partial charge in [0.25, 0.3) is 0 Å². The lowest BCUT2D eigenvalue weighted by atomic mass is 9.92. The number of anilines is 1. The molecule has 1 aromatic heterocycles. The van der Waals surface area contributed by atoms with Gasteiger partial charge in [-0.2, -0.15) is 5.26 Å². The summed E-state index contributed by atoms with van der Waals surface area (Å²) in [6, 6.07) is 11.0. The predicted octanol–water partition coefficient (Wildman–Crippen LogP) is 3.95. The fourth-order valence-electron chi connectivity index (χ4n) is 2.51. The molecule has 1 heterocycles. The largest absolute Gasteiger partial charge is 0.464 e. The van der Waals surface area contributed by atoms with Crippen molar-refractivity contribution in [3.63, 3.8) is 0 Å². The highest BCUT2D eigenvalue weighted by Crippen LogP contribution is 2.20. The Bertz CT molecular complexity index is 892. The number of benzene rings is 1. The van der Waals surface area contributed by atoms with Crippen molar-refractivity contribution in [3.8, 4) is 6.07 Å². The normalized spacial score (nSPS) is 12.4. The van der Waals surface area contributed by atoms with Gasteiger partial charge >= 0.3 is 12.0 Å². The van der Waals surface area contributed by atoms with Gasteiger partial charge in [0.2, 0.25) is 0 Å².